The molecule has 0 spiro atoms. The summed E-state index contributed by atoms with van der Waals surface area (Å²) in [6.07, 6.45) is 9.68. The molecule has 1 aliphatic carbocycles. The standard InChI is InChI=1S/C40H45N3O4/c1-2-8-30-24-33-38(40(46)43(39(33)45)31-18-21-42(22-19-31)25-28-9-4-3-5-10-28)34-26-47-36(37(30)34)17-14-29(35-11-6-7-20-41-35)23-27-12-15-32(44)16-13-27/h3-7,9-13,15-16,20,23,31,33-34,36,38,44H,2,8,14,17-19,21-22,24-26H2,1H3/b29-23-/t33-,34+,36-,38-/m1/s1. The maximum Gasteiger partial charge on any atom is 0.234 e. The molecule has 3 fully saturated rings. The molecule has 3 saturated heterocycles. The second-order valence-electron chi connectivity index (χ2n) is 13.6. The highest BCUT2D eigenvalue weighted by molar-refractivity contribution is 6.06. The molecule has 244 valence electrons. The number of ether oxygens (including phenoxy) is 1. The molecule has 2 aromatic carbocycles. The highest BCUT2D eigenvalue weighted by Gasteiger charge is 2.58. The van der Waals surface area contributed by atoms with E-state index >= 15 is 0 Å². The molecule has 0 saturated carbocycles. The number of piperidine rings is 1. The number of benzene rings is 2. The van der Waals surface area contributed by atoms with Gasteiger partial charge in [-0.25, -0.2) is 0 Å². The van der Waals surface area contributed by atoms with E-state index in [4.69, 9.17) is 4.74 Å². The van der Waals surface area contributed by atoms with E-state index < -0.39 is 0 Å². The van der Waals surface area contributed by atoms with Gasteiger partial charge in [0.25, 0.3) is 0 Å². The number of imide groups is 1. The summed E-state index contributed by atoms with van der Waals surface area (Å²) < 4.78 is 6.54. The third-order valence-corrected chi connectivity index (χ3v) is 10.7. The fraction of sp³-hybridized carbons (Fsp3) is 0.425. The molecule has 4 aliphatic rings. The fourth-order valence-electron chi connectivity index (χ4n) is 8.46. The van der Waals surface area contributed by atoms with E-state index in [9.17, 15) is 14.7 Å². The topological polar surface area (TPSA) is 83.0 Å². The molecular formula is C40H45N3O4. The molecule has 3 aliphatic heterocycles. The Morgan fingerprint density at radius 3 is 2.45 bits per heavy atom. The predicted molar refractivity (Wildman–Crippen MR) is 183 cm³/mol. The Morgan fingerprint density at radius 1 is 0.957 bits per heavy atom. The SMILES string of the molecule is CCCC1=C2[C@@H](CC/C(=C/c3ccc(O)cc3)c3ccccn3)OC[C@@H]2[C@@H]2C(=O)N(C3CCN(Cc4ccccc4)CC3)C(=O)[C@@H]2C1. The zero-order valence-corrected chi connectivity index (χ0v) is 27.3. The number of rotatable bonds is 10. The van der Waals surface area contributed by atoms with Gasteiger partial charge in [-0.05, 0) is 91.1 Å². The van der Waals surface area contributed by atoms with Crippen LogP contribution in [-0.2, 0) is 20.9 Å². The molecule has 47 heavy (non-hydrogen) atoms. The van der Waals surface area contributed by atoms with Crippen LogP contribution in [0.25, 0.3) is 11.6 Å². The summed E-state index contributed by atoms with van der Waals surface area (Å²) in [6.45, 7) is 5.37. The predicted octanol–water partition coefficient (Wildman–Crippen LogP) is 6.89. The third kappa shape index (κ3) is 6.56. The van der Waals surface area contributed by atoms with E-state index in [-0.39, 0.29) is 47.5 Å². The van der Waals surface area contributed by atoms with Crippen LogP contribution in [0.2, 0.25) is 0 Å². The number of hydrogen-bond donors (Lipinski definition) is 1. The van der Waals surface area contributed by atoms with Gasteiger partial charge in [-0.1, -0.05) is 67.4 Å². The van der Waals surface area contributed by atoms with Crippen molar-refractivity contribution in [1.82, 2.24) is 14.8 Å². The normalized spacial score (nSPS) is 25.4. The molecule has 2 amide bonds. The summed E-state index contributed by atoms with van der Waals surface area (Å²) in [5.74, 6) is -0.282. The largest absolute Gasteiger partial charge is 0.508 e. The van der Waals surface area contributed by atoms with Crippen molar-refractivity contribution in [3.63, 3.8) is 0 Å². The Kier molecular flexibility index (Phi) is 9.37. The summed E-state index contributed by atoms with van der Waals surface area (Å²) in [7, 11) is 0. The number of pyridine rings is 1. The summed E-state index contributed by atoms with van der Waals surface area (Å²) in [6, 6.07) is 23.7. The van der Waals surface area contributed by atoms with E-state index in [2.05, 4.69) is 47.1 Å². The third-order valence-electron chi connectivity index (χ3n) is 10.7. The van der Waals surface area contributed by atoms with Gasteiger partial charge in [-0.2, -0.15) is 0 Å². The van der Waals surface area contributed by atoms with Crippen molar-refractivity contribution in [2.45, 2.75) is 70.6 Å². The number of phenols is 1. The maximum atomic E-state index is 14.2. The van der Waals surface area contributed by atoms with Gasteiger partial charge in [-0.15, -0.1) is 0 Å². The average Bonchev–Trinajstić information content (AvgIpc) is 3.63. The van der Waals surface area contributed by atoms with Gasteiger partial charge in [0.1, 0.15) is 5.75 Å². The van der Waals surface area contributed by atoms with Crippen molar-refractivity contribution in [1.29, 1.82) is 0 Å². The maximum absolute atomic E-state index is 14.2. The zero-order valence-electron chi connectivity index (χ0n) is 27.3. The molecule has 0 radical (unpaired) electrons. The van der Waals surface area contributed by atoms with E-state index in [0.717, 1.165) is 75.0 Å². The Labute approximate surface area is 278 Å². The number of allylic oxidation sites excluding steroid dienone is 2. The molecule has 1 N–H and O–H groups in total. The monoisotopic (exact) mass is 631 g/mol. The lowest BCUT2D eigenvalue weighted by atomic mass is 9.68. The van der Waals surface area contributed by atoms with Crippen LogP contribution in [0.15, 0.2) is 90.1 Å². The Hall–Kier alpha value is -4.07. The van der Waals surface area contributed by atoms with Gasteiger partial charge < -0.3 is 9.84 Å². The first-order valence-corrected chi connectivity index (χ1v) is 17.4. The molecule has 4 atom stereocenters. The lowest BCUT2D eigenvalue weighted by Crippen LogP contribution is -2.47. The van der Waals surface area contributed by atoms with Crippen LogP contribution in [-0.4, -0.2) is 63.5 Å². The van der Waals surface area contributed by atoms with Crippen LogP contribution in [0.4, 0.5) is 0 Å². The van der Waals surface area contributed by atoms with Gasteiger partial charge in [0, 0.05) is 37.8 Å². The first-order chi connectivity index (χ1) is 23.0. The van der Waals surface area contributed by atoms with Crippen LogP contribution in [0.3, 0.4) is 0 Å². The number of aromatic nitrogens is 1. The number of amides is 2. The van der Waals surface area contributed by atoms with Crippen LogP contribution >= 0.6 is 0 Å². The molecule has 7 rings (SSSR count). The van der Waals surface area contributed by atoms with Crippen molar-refractivity contribution in [3.05, 3.63) is 107 Å². The lowest BCUT2D eigenvalue weighted by Gasteiger charge is -2.36. The van der Waals surface area contributed by atoms with Gasteiger partial charge in [-0.3, -0.25) is 24.4 Å². The average molecular weight is 632 g/mol. The van der Waals surface area contributed by atoms with E-state index in [0.29, 0.717) is 13.0 Å². The van der Waals surface area contributed by atoms with Gasteiger partial charge in [0.2, 0.25) is 11.8 Å². The summed E-state index contributed by atoms with van der Waals surface area (Å²) in [5, 5.41) is 9.78. The van der Waals surface area contributed by atoms with Gasteiger partial charge >= 0.3 is 0 Å². The van der Waals surface area contributed by atoms with Crippen molar-refractivity contribution in [3.8, 4) is 5.75 Å². The first kappa shape index (κ1) is 31.5. The van der Waals surface area contributed by atoms with Crippen LogP contribution < -0.4 is 0 Å². The Morgan fingerprint density at radius 2 is 1.72 bits per heavy atom. The minimum absolute atomic E-state index is 0.0187. The first-order valence-electron chi connectivity index (χ1n) is 17.4. The Balaban J connectivity index is 1.07. The second kappa shape index (κ2) is 14.0. The van der Waals surface area contributed by atoms with Crippen molar-refractivity contribution in [2.24, 2.45) is 17.8 Å². The molecule has 1 aromatic heterocycles. The number of phenolic OH excluding ortho intramolecular Hbond substituents is 1. The van der Waals surface area contributed by atoms with Crippen LogP contribution in [0.5, 0.6) is 5.75 Å². The molecule has 0 bridgehead atoms. The van der Waals surface area contributed by atoms with E-state index in [1.807, 2.05) is 42.6 Å². The highest BCUT2D eigenvalue weighted by Crippen LogP contribution is 2.51. The van der Waals surface area contributed by atoms with Crippen molar-refractivity contribution in [2.75, 3.05) is 19.7 Å². The number of carbonyl (C=O) groups excluding carboxylic acids is 2. The second-order valence-corrected chi connectivity index (χ2v) is 13.6. The number of hydrogen-bond acceptors (Lipinski definition) is 6. The van der Waals surface area contributed by atoms with Crippen molar-refractivity contribution < 1.29 is 19.4 Å². The molecule has 4 heterocycles. The van der Waals surface area contributed by atoms with Crippen LogP contribution in [0.1, 0.15) is 68.7 Å². The lowest BCUT2D eigenvalue weighted by molar-refractivity contribution is -0.144. The summed E-state index contributed by atoms with van der Waals surface area (Å²) in [4.78, 5) is 37.0. The number of likely N-dealkylation sites (tertiary alicyclic amines) is 2. The molecule has 3 aromatic rings. The van der Waals surface area contributed by atoms with Gasteiger partial charge in [0.15, 0.2) is 0 Å². The van der Waals surface area contributed by atoms with Gasteiger partial charge in [0.05, 0.1) is 30.2 Å². The fourth-order valence-corrected chi connectivity index (χ4v) is 8.46. The summed E-state index contributed by atoms with van der Waals surface area (Å²) in [5.41, 5.74) is 6.95. The smallest absolute Gasteiger partial charge is 0.234 e. The van der Waals surface area contributed by atoms with Crippen LogP contribution in [0, 0.1) is 17.8 Å². The molecule has 7 heteroatoms. The molecular weight excluding hydrogens is 586 g/mol. The number of nitrogens with zero attached hydrogens (tertiary/aromatic N) is 3. The molecule has 0 unspecified atom stereocenters. The van der Waals surface area contributed by atoms with Crippen molar-refractivity contribution >= 4 is 23.5 Å². The number of aromatic hydroxyl groups is 1. The molecule has 7 nitrogen and oxygen atoms in total. The number of carbonyl (C=O) groups is 2. The summed E-state index contributed by atoms with van der Waals surface area (Å²) >= 11 is 0. The zero-order chi connectivity index (χ0) is 32.3. The Bertz CT molecular complexity index is 1630. The van der Waals surface area contributed by atoms with E-state index in [1.54, 1.807) is 17.0 Å². The minimum atomic E-state index is -0.312. The van der Waals surface area contributed by atoms with E-state index in [1.165, 1.54) is 16.7 Å². The highest BCUT2D eigenvalue weighted by atomic mass is 16.5. The quantitative estimate of drug-likeness (QED) is 0.194. The minimum Gasteiger partial charge on any atom is -0.508 e. The number of fused-ring (bicyclic) bond motifs is 3.